The van der Waals surface area contributed by atoms with E-state index in [2.05, 4.69) is 52.4 Å². The number of likely N-dealkylation sites (tertiary alicyclic amines) is 2. The van der Waals surface area contributed by atoms with Crippen LogP contribution in [-0.2, 0) is 11.2 Å². The summed E-state index contributed by atoms with van der Waals surface area (Å²) in [6.07, 6.45) is 3.62. The van der Waals surface area contributed by atoms with Crippen LogP contribution in [0, 0.1) is 11.8 Å². The Labute approximate surface area is 187 Å². The molecular weight excluding hydrogens is 463 g/mol. The van der Waals surface area contributed by atoms with Crippen molar-refractivity contribution in [2.45, 2.75) is 26.2 Å². The molecule has 2 heterocycles. The highest BCUT2D eigenvalue weighted by atomic mass is 127. The molecule has 1 aromatic carbocycles. The van der Waals surface area contributed by atoms with Crippen molar-refractivity contribution in [2.24, 2.45) is 16.8 Å². The van der Waals surface area contributed by atoms with Crippen molar-refractivity contribution in [3.63, 3.8) is 0 Å². The van der Waals surface area contributed by atoms with Gasteiger partial charge < -0.3 is 19.9 Å². The first kappa shape index (κ1) is 23.4. The van der Waals surface area contributed by atoms with E-state index >= 15 is 0 Å². The molecule has 0 amide bonds. The number of benzene rings is 1. The maximum Gasteiger partial charge on any atom is 0.193 e. The number of rotatable bonds is 8. The number of methoxy groups -OCH3 is 1. The van der Waals surface area contributed by atoms with Crippen LogP contribution < -0.4 is 5.32 Å². The Bertz CT molecular complexity index is 583. The van der Waals surface area contributed by atoms with Crippen LogP contribution in [0.4, 0.5) is 0 Å². The molecule has 2 aliphatic rings. The van der Waals surface area contributed by atoms with Crippen molar-refractivity contribution < 1.29 is 4.74 Å². The first-order chi connectivity index (χ1) is 13.3. The molecule has 3 rings (SSSR count). The number of ether oxygens (including phenoxy) is 1. The Morgan fingerprint density at radius 1 is 1.14 bits per heavy atom. The van der Waals surface area contributed by atoms with Gasteiger partial charge in [0.1, 0.15) is 0 Å². The maximum atomic E-state index is 5.33. The first-order valence-corrected chi connectivity index (χ1v) is 10.6. The molecule has 0 radical (unpaired) electrons. The highest BCUT2D eigenvalue weighted by Crippen LogP contribution is 2.19. The highest BCUT2D eigenvalue weighted by Gasteiger charge is 2.26. The zero-order valence-corrected chi connectivity index (χ0v) is 19.8. The van der Waals surface area contributed by atoms with Gasteiger partial charge in [-0.15, -0.1) is 24.0 Å². The van der Waals surface area contributed by atoms with E-state index < -0.39 is 0 Å². The number of hydrogen-bond donors (Lipinski definition) is 1. The minimum atomic E-state index is 0. The molecule has 158 valence electrons. The summed E-state index contributed by atoms with van der Waals surface area (Å²) in [7, 11) is 1.80. The molecule has 2 atom stereocenters. The molecule has 0 aromatic heterocycles. The second-order valence-electron chi connectivity index (χ2n) is 7.94. The second kappa shape index (κ2) is 12.6. The van der Waals surface area contributed by atoms with E-state index in [1.807, 2.05) is 0 Å². The number of halogens is 1. The Morgan fingerprint density at radius 2 is 1.93 bits per heavy atom. The summed E-state index contributed by atoms with van der Waals surface area (Å²) < 4.78 is 5.33. The number of hydrogen-bond acceptors (Lipinski definition) is 3. The Hall–Kier alpha value is -0.860. The van der Waals surface area contributed by atoms with Crippen LogP contribution in [0.2, 0.25) is 0 Å². The van der Waals surface area contributed by atoms with E-state index in [0.717, 1.165) is 51.7 Å². The molecule has 2 saturated heterocycles. The van der Waals surface area contributed by atoms with Gasteiger partial charge in [0.2, 0.25) is 0 Å². The van der Waals surface area contributed by atoms with Crippen LogP contribution in [0.25, 0.3) is 0 Å². The van der Waals surface area contributed by atoms with E-state index in [0.29, 0.717) is 11.8 Å². The number of nitrogens with one attached hydrogen (secondary N) is 1. The molecule has 2 unspecified atom stereocenters. The highest BCUT2D eigenvalue weighted by molar-refractivity contribution is 14.0. The number of nitrogens with zero attached hydrogens (tertiary/aromatic N) is 3. The summed E-state index contributed by atoms with van der Waals surface area (Å²) >= 11 is 0. The molecule has 1 aromatic rings. The van der Waals surface area contributed by atoms with Gasteiger partial charge in [0.25, 0.3) is 0 Å². The summed E-state index contributed by atoms with van der Waals surface area (Å²) in [4.78, 5) is 10.0. The summed E-state index contributed by atoms with van der Waals surface area (Å²) in [6.45, 7) is 10.6. The third-order valence-corrected chi connectivity index (χ3v) is 5.75. The SMILES string of the molecule is CCNC(=NCC1CCN(CCc2ccccc2)C1)N1CCC(COC)C1.I. The average molecular weight is 500 g/mol. The predicted molar refractivity (Wildman–Crippen MR) is 128 cm³/mol. The van der Waals surface area contributed by atoms with E-state index in [-0.39, 0.29) is 24.0 Å². The topological polar surface area (TPSA) is 40.1 Å². The summed E-state index contributed by atoms with van der Waals surface area (Å²) in [5.74, 6) is 2.42. The summed E-state index contributed by atoms with van der Waals surface area (Å²) in [5.41, 5.74) is 1.44. The lowest BCUT2D eigenvalue weighted by atomic mass is 10.1. The van der Waals surface area contributed by atoms with Crippen molar-refractivity contribution in [3.8, 4) is 0 Å². The predicted octanol–water partition coefficient (Wildman–Crippen LogP) is 3.10. The zero-order valence-electron chi connectivity index (χ0n) is 17.5. The molecule has 0 saturated carbocycles. The molecule has 0 bridgehead atoms. The Morgan fingerprint density at radius 3 is 2.68 bits per heavy atom. The molecule has 0 spiro atoms. The van der Waals surface area contributed by atoms with Gasteiger partial charge in [-0.2, -0.15) is 0 Å². The van der Waals surface area contributed by atoms with Gasteiger partial charge in [-0.25, -0.2) is 0 Å². The molecule has 6 heteroatoms. The monoisotopic (exact) mass is 500 g/mol. The van der Waals surface area contributed by atoms with Gasteiger partial charge in [-0.1, -0.05) is 30.3 Å². The molecule has 1 N–H and O–H groups in total. The second-order valence-corrected chi connectivity index (χ2v) is 7.94. The molecule has 5 nitrogen and oxygen atoms in total. The standard InChI is InChI=1S/C22H36N4O.HI/c1-3-23-22(26-14-11-21(17-26)18-27-2)24-15-20-10-13-25(16-20)12-9-19-7-5-4-6-8-19;/h4-8,20-21H,3,9-18H2,1-2H3,(H,23,24);1H. The van der Waals surface area contributed by atoms with Gasteiger partial charge in [0.05, 0.1) is 6.61 Å². The van der Waals surface area contributed by atoms with Crippen molar-refractivity contribution in [2.75, 3.05) is 59.5 Å². The minimum absolute atomic E-state index is 0. The van der Waals surface area contributed by atoms with Crippen LogP contribution >= 0.6 is 24.0 Å². The van der Waals surface area contributed by atoms with Crippen LogP contribution in [0.1, 0.15) is 25.3 Å². The van der Waals surface area contributed by atoms with E-state index in [9.17, 15) is 0 Å². The smallest absolute Gasteiger partial charge is 0.193 e. The Kier molecular flexibility index (Phi) is 10.6. The fourth-order valence-corrected chi connectivity index (χ4v) is 4.24. The van der Waals surface area contributed by atoms with Crippen LogP contribution in [0.15, 0.2) is 35.3 Å². The molecule has 2 fully saturated rings. The van der Waals surface area contributed by atoms with Gasteiger partial charge in [-0.3, -0.25) is 4.99 Å². The maximum absolute atomic E-state index is 5.33. The van der Waals surface area contributed by atoms with E-state index in [1.54, 1.807) is 7.11 Å². The van der Waals surface area contributed by atoms with Crippen molar-refractivity contribution in [3.05, 3.63) is 35.9 Å². The minimum Gasteiger partial charge on any atom is -0.384 e. The van der Waals surface area contributed by atoms with Crippen molar-refractivity contribution in [1.82, 2.24) is 15.1 Å². The third-order valence-electron chi connectivity index (χ3n) is 5.75. The largest absolute Gasteiger partial charge is 0.384 e. The van der Waals surface area contributed by atoms with E-state index in [1.165, 1.54) is 31.5 Å². The fraction of sp³-hybridized carbons (Fsp3) is 0.682. The van der Waals surface area contributed by atoms with Crippen molar-refractivity contribution >= 4 is 29.9 Å². The summed E-state index contributed by atoms with van der Waals surface area (Å²) in [6, 6.07) is 10.8. The van der Waals surface area contributed by atoms with Crippen LogP contribution in [0.5, 0.6) is 0 Å². The fourth-order valence-electron chi connectivity index (χ4n) is 4.24. The molecule has 0 aliphatic carbocycles. The van der Waals surface area contributed by atoms with E-state index in [4.69, 9.17) is 9.73 Å². The lowest BCUT2D eigenvalue weighted by Crippen LogP contribution is -2.40. The molecular formula is C22H37IN4O. The van der Waals surface area contributed by atoms with Crippen molar-refractivity contribution in [1.29, 1.82) is 0 Å². The first-order valence-electron chi connectivity index (χ1n) is 10.6. The third kappa shape index (κ3) is 7.19. The lowest BCUT2D eigenvalue weighted by Gasteiger charge is -2.22. The molecule has 28 heavy (non-hydrogen) atoms. The van der Waals surface area contributed by atoms with Gasteiger partial charge in [0.15, 0.2) is 5.96 Å². The normalized spacial score (nSPS) is 23.1. The van der Waals surface area contributed by atoms with Gasteiger partial charge >= 0.3 is 0 Å². The Balaban J connectivity index is 0.00000280. The van der Waals surface area contributed by atoms with Crippen LogP contribution in [-0.4, -0.2) is 75.3 Å². The number of aliphatic imine (C=N–C) groups is 1. The average Bonchev–Trinajstić information content (AvgIpc) is 3.34. The summed E-state index contributed by atoms with van der Waals surface area (Å²) in [5, 5.41) is 3.49. The quantitative estimate of drug-likeness (QED) is 0.339. The molecule has 2 aliphatic heterocycles. The van der Waals surface area contributed by atoms with Gasteiger partial charge in [-0.05, 0) is 44.2 Å². The van der Waals surface area contributed by atoms with Crippen LogP contribution in [0.3, 0.4) is 0 Å². The zero-order chi connectivity index (χ0) is 18.9. The lowest BCUT2D eigenvalue weighted by molar-refractivity contribution is 0.157. The number of guanidine groups is 1. The van der Waals surface area contributed by atoms with Gasteiger partial charge in [0, 0.05) is 52.3 Å².